The second-order valence-electron chi connectivity index (χ2n) is 7.23. The minimum Gasteiger partial charge on any atom is -0.462 e. The molecular weight excluding hydrogens is 328 g/mol. The molecule has 1 N–H and O–H groups in total. The Balaban J connectivity index is 1.78. The number of hydrogen-bond donors (Lipinski definition) is 1. The van der Waals surface area contributed by atoms with Crippen molar-refractivity contribution in [2.45, 2.75) is 25.6 Å². The highest BCUT2D eigenvalue weighted by molar-refractivity contribution is 5.87. The molecule has 4 heteroatoms. The van der Waals surface area contributed by atoms with E-state index in [1.165, 1.54) is 16.3 Å². The summed E-state index contributed by atoms with van der Waals surface area (Å²) < 4.78 is 17.0. The Morgan fingerprint density at radius 3 is 2.50 bits per heavy atom. The van der Waals surface area contributed by atoms with E-state index in [1.54, 1.807) is 6.92 Å². The summed E-state index contributed by atoms with van der Waals surface area (Å²) in [7, 11) is 0. The van der Waals surface area contributed by atoms with Gasteiger partial charge in [-0.05, 0) is 22.4 Å². The molecular formula is C22H20O4. The third-order valence-electron chi connectivity index (χ3n) is 5.66. The van der Waals surface area contributed by atoms with E-state index in [0.29, 0.717) is 11.5 Å². The maximum Gasteiger partial charge on any atom is 0.231 e. The zero-order chi connectivity index (χ0) is 17.9. The number of ether oxygens (including phenoxy) is 3. The van der Waals surface area contributed by atoms with Crippen molar-refractivity contribution < 1.29 is 19.3 Å². The molecule has 2 heterocycles. The number of hydrogen-bond acceptors (Lipinski definition) is 4. The lowest BCUT2D eigenvalue weighted by Crippen LogP contribution is -2.45. The van der Waals surface area contributed by atoms with E-state index in [4.69, 9.17) is 14.2 Å². The van der Waals surface area contributed by atoms with Crippen LogP contribution in [0.4, 0.5) is 0 Å². The van der Waals surface area contributed by atoms with Gasteiger partial charge in [0.15, 0.2) is 11.5 Å². The summed E-state index contributed by atoms with van der Waals surface area (Å²) in [6.07, 6.45) is 0. The largest absolute Gasteiger partial charge is 0.462 e. The molecule has 26 heavy (non-hydrogen) atoms. The van der Waals surface area contributed by atoms with Crippen LogP contribution in [0.5, 0.6) is 17.2 Å². The van der Waals surface area contributed by atoms with E-state index in [9.17, 15) is 5.11 Å². The molecule has 0 aliphatic carbocycles. The van der Waals surface area contributed by atoms with Crippen LogP contribution in [0, 0.1) is 5.92 Å². The highest BCUT2D eigenvalue weighted by Gasteiger charge is 2.45. The van der Waals surface area contributed by atoms with Crippen molar-refractivity contribution in [2.75, 3.05) is 6.79 Å². The van der Waals surface area contributed by atoms with E-state index in [-0.39, 0.29) is 18.6 Å². The van der Waals surface area contributed by atoms with Crippen LogP contribution in [-0.4, -0.2) is 17.7 Å². The van der Waals surface area contributed by atoms with Gasteiger partial charge >= 0.3 is 0 Å². The summed E-state index contributed by atoms with van der Waals surface area (Å²) in [6, 6.07) is 18.5. The molecule has 132 valence electrons. The number of benzene rings is 3. The zero-order valence-corrected chi connectivity index (χ0v) is 14.7. The molecule has 0 bridgehead atoms. The maximum absolute atomic E-state index is 10.9. The highest BCUT2D eigenvalue weighted by Crippen LogP contribution is 2.52. The minimum atomic E-state index is -1.28. The first-order valence-corrected chi connectivity index (χ1v) is 8.87. The molecule has 0 saturated carbocycles. The summed E-state index contributed by atoms with van der Waals surface area (Å²) in [5.74, 6) is 0.602. The fourth-order valence-electron chi connectivity index (χ4n) is 4.12. The molecule has 0 unspecified atom stereocenters. The van der Waals surface area contributed by atoms with Crippen molar-refractivity contribution in [3.63, 3.8) is 0 Å². The predicted molar refractivity (Wildman–Crippen MR) is 98.8 cm³/mol. The fourth-order valence-corrected chi connectivity index (χ4v) is 4.12. The smallest absolute Gasteiger partial charge is 0.231 e. The van der Waals surface area contributed by atoms with E-state index >= 15 is 0 Å². The molecule has 5 rings (SSSR count). The molecule has 0 spiro atoms. The molecule has 2 aliphatic rings. The minimum absolute atomic E-state index is 0.0191. The molecule has 0 radical (unpaired) electrons. The first kappa shape index (κ1) is 15.5. The van der Waals surface area contributed by atoms with Gasteiger partial charge in [0.25, 0.3) is 0 Å². The van der Waals surface area contributed by atoms with Gasteiger partial charge in [-0.1, -0.05) is 49.4 Å². The van der Waals surface area contributed by atoms with E-state index in [2.05, 4.69) is 36.4 Å². The molecule has 0 amide bonds. The van der Waals surface area contributed by atoms with Crippen LogP contribution in [0.2, 0.25) is 0 Å². The van der Waals surface area contributed by atoms with Crippen LogP contribution in [0.15, 0.2) is 54.6 Å². The van der Waals surface area contributed by atoms with Gasteiger partial charge in [-0.25, -0.2) is 0 Å². The Bertz CT molecular complexity index is 1000. The van der Waals surface area contributed by atoms with Crippen LogP contribution in [0.3, 0.4) is 0 Å². The average molecular weight is 348 g/mol. The summed E-state index contributed by atoms with van der Waals surface area (Å²) in [5.41, 5.74) is 2.20. The quantitative estimate of drug-likeness (QED) is 0.706. The Morgan fingerprint density at radius 2 is 1.65 bits per heavy atom. The Kier molecular flexibility index (Phi) is 3.22. The van der Waals surface area contributed by atoms with Crippen molar-refractivity contribution in [3.8, 4) is 17.2 Å². The topological polar surface area (TPSA) is 47.9 Å². The second-order valence-corrected chi connectivity index (χ2v) is 7.23. The van der Waals surface area contributed by atoms with Crippen LogP contribution in [-0.2, 0) is 0 Å². The standard InChI is InChI=1S/C22H20O4/c1-13-21(16-9-5-7-14-6-3-4-8-15(14)16)17-10-19-20(25-12-24-19)11-18(17)26-22(13,2)23/h3-11,13,21,23H,12H2,1-2H3/t13-,21+,22-/m1/s1. The molecule has 3 aromatic carbocycles. The normalized spacial score (nSPS) is 26.4. The van der Waals surface area contributed by atoms with Crippen LogP contribution in [0.1, 0.15) is 30.9 Å². The second kappa shape index (κ2) is 5.39. The number of aliphatic hydroxyl groups is 1. The van der Waals surface area contributed by atoms with Gasteiger partial charge in [0.05, 0.1) is 0 Å². The first-order chi connectivity index (χ1) is 12.5. The molecule has 2 aliphatic heterocycles. The third kappa shape index (κ3) is 2.19. The molecule has 0 saturated heterocycles. The van der Waals surface area contributed by atoms with Crippen LogP contribution >= 0.6 is 0 Å². The summed E-state index contributed by atoms with van der Waals surface area (Å²) in [4.78, 5) is 0. The Hall–Kier alpha value is -2.72. The van der Waals surface area contributed by atoms with Crippen LogP contribution < -0.4 is 14.2 Å². The number of rotatable bonds is 1. The van der Waals surface area contributed by atoms with E-state index in [1.807, 2.05) is 25.1 Å². The Morgan fingerprint density at radius 1 is 0.923 bits per heavy atom. The van der Waals surface area contributed by atoms with Gasteiger partial charge in [0.1, 0.15) is 5.75 Å². The predicted octanol–water partition coefficient (Wildman–Crippen LogP) is 4.44. The van der Waals surface area contributed by atoms with Crippen molar-refractivity contribution in [1.82, 2.24) is 0 Å². The lowest BCUT2D eigenvalue weighted by molar-refractivity contribution is -0.171. The van der Waals surface area contributed by atoms with Crippen molar-refractivity contribution in [3.05, 3.63) is 65.7 Å². The summed E-state index contributed by atoms with van der Waals surface area (Å²) in [6.45, 7) is 3.96. The first-order valence-electron chi connectivity index (χ1n) is 8.87. The lowest BCUT2D eigenvalue weighted by atomic mass is 9.74. The molecule has 0 aromatic heterocycles. The molecule has 3 atom stereocenters. The van der Waals surface area contributed by atoms with Crippen molar-refractivity contribution >= 4 is 10.8 Å². The van der Waals surface area contributed by atoms with Gasteiger partial charge < -0.3 is 19.3 Å². The molecule has 4 nitrogen and oxygen atoms in total. The van der Waals surface area contributed by atoms with Crippen LogP contribution in [0.25, 0.3) is 10.8 Å². The number of fused-ring (bicyclic) bond motifs is 3. The van der Waals surface area contributed by atoms with Gasteiger partial charge in [0, 0.05) is 30.4 Å². The fraction of sp³-hybridized carbons (Fsp3) is 0.273. The monoisotopic (exact) mass is 348 g/mol. The summed E-state index contributed by atoms with van der Waals surface area (Å²) >= 11 is 0. The highest BCUT2D eigenvalue weighted by atomic mass is 16.7. The van der Waals surface area contributed by atoms with Crippen molar-refractivity contribution in [1.29, 1.82) is 0 Å². The van der Waals surface area contributed by atoms with E-state index in [0.717, 1.165) is 11.3 Å². The van der Waals surface area contributed by atoms with Gasteiger partial charge in [-0.15, -0.1) is 0 Å². The van der Waals surface area contributed by atoms with E-state index < -0.39 is 5.79 Å². The average Bonchev–Trinajstić information content (AvgIpc) is 3.08. The molecule has 0 fully saturated rings. The van der Waals surface area contributed by atoms with Gasteiger partial charge in [-0.3, -0.25) is 0 Å². The summed E-state index contributed by atoms with van der Waals surface area (Å²) in [5, 5.41) is 13.3. The zero-order valence-electron chi connectivity index (χ0n) is 14.7. The Labute approximate surface area is 151 Å². The molecule has 3 aromatic rings. The van der Waals surface area contributed by atoms with Gasteiger partial charge in [0.2, 0.25) is 12.6 Å². The SMILES string of the molecule is C[C@@H]1[C@@H](c2cccc3ccccc23)c2cc3c(cc2O[C@@]1(C)O)OCO3. The lowest BCUT2D eigenvalue weighted by Gasteiger charge is -2.42. The van der Waals surface area contributed by atoms with Gasteiger partial charge in [-0.2, -0.15) is 0 Å². The maximum atomic E-state index is 10.9. The van der Waals surface area contributed by atoms with Crippen molar-refractivity contribution in [2.24, 2.45) is 5.92 Å². The third-order valence-corrected chi connectivity index (χ3v) is 5.66.